The van der Waals surface area contributed by atoms with E-state index in [-0.39, 0.29) is 29.2 Å². The van der Waals surface area contributed by atoms with Crippen molar-refractivity contribution in [2.45, 2.75) is 22.3 Å². The van der Waals surface area contributed by atoms with Crippen LogP contribution in [0.1, 0.15) is 23.7 Å². The highest BCUT2D eigenvalue weighted by Crippen LogP contribution is 1.89. The summed E-state index contributed by atoms with van der Waals surface area (Å²) >= 11 is 7.73. The largest absolute Gasteiger partial charge is 0.412 e. The summed E-state index contributed by atoms with van der Waals surface area (Å²) in [5, 5.41) is 0. The van der Waals surface area contributed by atoms with Crippen molar-refractivity contribution in [3.05, 3.63) is 9.93 Å². The molecule has 0 bridgehead atoms. The minimum atomic E-state index is -4.67. The molecule has 188 valence electrons. The number of hydrogen-bond donors (Lipinski definition) is 6. The fourth-order valence-electron chi connectivity index (χ4n) is 0. The summed E-state index contributed by atoms with van der Waals surface area (Å²) in [5.41, 5.74) is 0. The average molecular weight is 966 g/mol. The van der Waals surface area contributed by atoms with Crippen LogP contribution >= 0.6 is 74.5 Å². The summed E-state index contributed by atoms with van der Waals surface area (Å²) in [6.45, 7) is 0. The molecular weight excluding hydrogens is 944 g/mol. The lowest BCUT2D eigenvalue weighted by molar-refractivity contribution is 0.378. The molecule has 0 amide bonds. The Morgan fingerprint density at radius 2 is 0.536 bits per heavy atom. The van der Waals surface area contributed by atoms with Gasteiger partial charge in [0, 0.05) is 85.8 Å². The molecule has 0 unspecified atom stereocenters. The van der Waals surface area contributed by atoms with Gasteiger partial charge in [0.25, 0.3) is 0 Å². The molecule has 0 aliphatic carbocycles. The molecule has 17 nitrogen and oxygen atoms in total. The van der Waals surface area contributed by atoms with Gasteiger partial charge in [-0.15, -0.1) is 0 Å². The lowest BCUT2D eigenvalue weighted by Crippen LogP contribution is -1.89. The number of hydrogen-bond acceptors (Lipinski definition) is 10. The Balaban J connectivity index is -0.0000000117. The van der Waals surface area contributed by atoms with Crippen molar-refractivity contribution in [3.8, 4) is 0 Å². The fraction of sp³-hybridized carbons (Fsp3) is 1.00. The van der Waals surface area contributed by atoms with Gasteiger partial charge < -0.3 is 5.48 Å². The molecule has 0 rings (SSSR count). The second kappa shape index (κ2) is 51.5. The van der Waals surface area contributed by atoms with Crippen molar-refractivity contribution in [2.24, 2.45) is 0 Å². The summed E-state index contributed by atoms with van der Waals surface area (Å²) in [7, 11) is -14.0. The van der Waals surface area contributed by atoms with Gasteiger partial charge in [-0.2, -0.15) is 33.7 Å². The highest BCUT2D eigenvalue weighted by Gasteiger charge is 1.85. The molecule has 0 saturated heterocycles. The van der Waals surface area contributed by atoms with E-state index in [1.54, 1.807) is 0 Å². The van der Waals surface area contributed by atoms with Crippen LogP contribution in [0.15, 0.2) is 0 Å². The van der Waals surface area contributed by atoms with E-state index in [9.17, 15) is 0 Å². The molecule has 0 saturated carbocycles. The van der Waals surface area contributed by atoms with Crippen LogP contribution in [0.2, 0.25) is 0 Å². The van der Waals surface area contributed by atoms with E-state index in [1.807, 2.05) is 0 Å². The van der Waals surface area contributed by atoms with E-state index in [4.69, 9.17) is 70.9 Å². The first-order chi connectivity index (χ1) is 10.4. The molecule has 0 aromatic rings. The molecule has 28 heavy (non-hydrogen) atoms. The van der Waals surface area contributed by atoms with Gasteiger partial charge in [0.2, 0.25) is 0 Å². The van der Waals surface area contributed by atoms with Crippen molar-refractivity contribution in [1.29, 1.82) is 0 Å². The fourth-order valence-corrected chi connectivity index (χ4v) is 0. The van der Waals surface area contributed by atoms with Crippen LogP contribution < -0.4 is 0 Å². The van der Waals surface area contributed by atoms with Crippen molar-refractivity contribution in [2.75, 3.05) is 0 Å². The predicted molar refractivity (Wildman–Crippen MR) is 140 cm³/mol. The average Bonchev–Trinajstić information content (AvgIpc) is 2.30. The van der Waals surface area contributed by atoms with Gasteiger partial charge in [0.05, 0.1) is 0 Å². The molecular formula is C3H22I4O17S4. The zero-order chi connectivity index (χ0) is 22.2. The maximum atomic E-state index is 8.74. The van der Waals surface area contributed by atoms with Gasteiger partial charge in [-0.3, -0.25) is 27.3 Å². The molecule has 8 N–H and O–H groups in total. The highest BCUT2D eigenvalue weighted by molar-refractivity contribution is 15.0. The Morgan fingerprint density at radius 3 is 0.536 bits per heavy atom. The number of halogens is 4. The van der Waals surface area contributed by atoms with Crippen molar-refractivity contribution < 1.29 is 67.9 Å². The topological polar surface area (TPSA) is 324 Å². The molecule has 0 radical (unpaired) electrons. The van der Waals surface area contributed by atoms with Gasteiger partial charge >= 0.3 is 42.8 Å². The predicted octanol–water partition coefficient (Wildman–Crippen LogP) is 2.31. The van der Waals surface area contributed by atoms with Crippen molar-refractivity contribution >= 4 is 117 Å². The minimum Gasteiger partial charge on any atom is -0.412 e. The van der Waals surface area contributed by atoms with Crippen LogP contribution in [0.5, 0.6) is 0 Å². The molecule has 0 heterocycles. The van der Waals surface area contributed by atoms with Gasteiger partial charge in [0.15, 0.2) is 0 Å². The normalized spacial score (nSPS) is 7.21. The highest BCUT2D eigenvalue weighted by atomic mass is 128. The first kappa shape index (κ1) is 69.9. The Hall–Kier alpha value is 1.91. The Bertz CT molecular complexity index is 460. The van der Waals surface area contributed by atoms with Crippen LogP contribution in [0.25, 0.3) is 0 Å². The minimum absolute atomic E-state index is 0. The maximum Gasteiger partial charge on any atom is 0.394 e. The van der Waals surface area contributed by atoms with Crippen LogP contribution in [0, 0.1) is 9.93 Å². The smallest absolute Gasteiger partial charge is 0.394 e. The zero-order valence-electron chi connectivity index (χ0n) is 10.4. The standard InChI is InChI=1S/3CH4.2I2.3H2O4S.O2S.O2.H2O.H2/c;;;2*1-2;3*1-5(2,3)4;1-3-2;1-2;;/h3*1H4;;;3*(H2,1,2,3,4);;;1H2;1H. The van der Waals surface area contributed by atoms with E-state index in [2.05, 4.69) is 74.5 Å². The first-order valence-electron chi connectivity index (χ1n) is 2.88. The van der Waals surface area contributed by atoms with Gasteiger partial charge in [-0.05, 0) is 0 Å². The summed E-state index contributed by atoms with van der Waals surface area (Å²) in [5.74, 6) is 0. The molecule has 25 heteroatoms. The second-order valence-corrected chi connectivity index (χ2v) is 4.23. The second-order valence-electron chi connectivity index (χ2n) is 1.41. The van der Waals surface area contributed by atoms with E-state index in [0.717, 1.165) is 0 Å². The summed E-state index contributed by atoms with van der Waals surface area (Å²) in [4.78, 5) is 14.0. The molecule has 0 spiro atoms. The molecule has 0 aromatic heterocycles. The zero-order valence-corrected chi connectivity index (χ0v) is 22.3. The molecule has 0 atom stereocenters. The SMILES string of the molecule is C.C.C.II.II.O.O=O.O=S(=O)(O)O.O=S(=O)(O)O.O=S(=O)(O)O.O=S=O.[HH]. The summed E-state index contributed by atoms with van der Waals surface area (Å²) < 4.78 is 111. The monoisotopic (exact) mass is 966 g/mol. The van der Waals surface area contributed by atoms with Crippen LogP contribution in [0.4, 0.5) is 0 Å². The van der Waals surface area contributed by atoms with Gasteiger partial charge in [-0.1, -0.05) is 22.3 Å². The molecule has 0 aliphatic heterocycles. The molecule has 0 fully saturated rings. The molecule has 0 aromatic carbocycles. The maximum absolute atomic E-state index is 8.74. The van der Waals surface area contributed by atoms with Crippen molar-refractivity contribution in [3.63, 3.8) is 0 Å². The third kappa shape index (κ3) is 5540. The summed E-state index contributed by atoms with van der Waals surface area (Å²) in [6.07, 6.45) is 0. The summed E-state index contributed by atoms with van der Waals surface area (Å²) in [6, 6.07) is 0. The third-order valence-corrected chi connectivity index (χ3v) is 0. The third-order valence-electron chi connectivity index (χ3n) is 0. The Kier molecular flexibility index (Phi) is 129. The first-order valence-corrected chi connectivity index (χ1v) is 20.3. The van der Waals surface area contributed by atoms with Crippen LogP contribution in [0.3, 0.4) is 0 Å². The van der Waals surface area contributed by atoms with E-state index in [1.165, 1.54) is 0 Å². The Morgan fingerprint density at radius 1 is 0.536 bits per heavy atom. The quantitative estimate of drug-likeness (QED) is 0.150. The molecule has 0 aliphatic rings. The Labute approximate surface area is 214 Å². The van der Waals surface area contributed by atoms with Crippen molar-refractivity contribution in [1.82, 2.24) is 0 Å². The van der Waals surface area contributed by atoms with Gasteiger partial charge in [-0.25, -0.2) is 0 Å². The lowest BCUT2D eigenvalue weighted by Gasteiger charge is -1.68. The number of rotatable bonds is 0. The van der Waals surface area contributed by atoms with Crippen LogP contribution in [-0.4, -0.2) is 66.5 Å². The lowest BCUT2D eigenvalue weighted by atomic mass is 12.0. The van der Waals surface area contributed by atoms with Gasteiger partial charge in [0.1, 0.15) is 0 Å². The van der Waals surface area contributed by atoms with Crippen LogP contribution in [-0.2, 0) is 42.8 Å². The van der Waals surface area contributed by atoms with E-state index >= 15 is 0 Å². The van der Waals surface area contributed by atoms with E-state index < -0.39 is 42.8 Å². The van der Waals surface area contributed by atoms with E-state index in [0.29, 0.717) is 0 Å².